The van der Waals surface area contributed by atoms with Crippen molar-refractivity contribution < 1.29 is 4.74 Å². The minimum atomic E-state index is 0.229. The van der Waals surface area contributed by atoms with Crippen LogP contribution in [0.15, 0.2) is 4.99 Å². The molecule has 7 heteroatoms. The van der Waals surface area contributed by atoms with E-state index in [4.69, 9.17) is 9.73 Å². The van der Waals surface area contributed by atoms with Gasteiger partial charge in [0, 0.05) is 63.9 Å². The lowest BCUT2D eigenvalue weighted by Gasteiger charge is -2.47. The topological polar surface area (TPSA) is 55.4 Å². The van der Waals surface area contributed by atoms with Crippen LogP contribution in [0, 0.1) is 0 Å². The van der Waals surface area contributed by atoms with Gasteiger partial charge in [-0.2, -0.15) is 0 Å². The van der Waals surface area contributed by atoms with Gasteiger partial charge in [-0.25, -0.2) is 0 Å². The molecule has 3 rings (SSSR count). The van der Waals surface area contributed by atoms with E-state index >= 15 is 0 Å². The van der Waals surface area contributed by atoms with Gasteiger partial charge in [0.1, 0.15) is 0 Å². The predicted octanol–water partition coefficient (Wildman–Crippen LogP) is 1.60. The molecule has 0 aromatic heterocycles. The Kier molecular flexibility index (Phi) is 9.68. The summed E-state index contributed by atoms with van der Waals surface area (Å²) in [5, 5.41) is 7.13. The predicted molar refractivity (Wildman–Crippen MR) is 125 cm³/mol. The summed E-state index contributed by atoms with van der Waals surface area (Å²) < 4.78 is 5.63. The summed E-state index contributed by atoms with van der Waals surface area (Å²) in [5.41, 5.74) is 0.229. The van der Waals surface area contributed by atoms with E-state index in [9.17, 15) is 0 Å². The summed E-state index contributed by atoms with van der Waals surface area (Å²) in [6.45, 7) is 19.2. The number of rotatable bonds is 8. The van der Waals surface area contributed by atoms with Crippen LogP contribution in [0.2, 0.25) is 0 Å². The molecule has 1 aliphatic carbocycles. The maximum atomic E-state index is 5.63. The zero-order valence-corrected chi connectivity index (χ0v) is 19.8. The second kappa shape index (κ2) is 12.2. The van der Waals surface area contributed by atoms with E-state index in [2.05, 4.69) is 46.1 Å². The Morgan fingerprint density at radius 1 is 0.967 bits per heavy atom. The van der Waals surface area contributed by atoms with Crippen LogP contribution in [0.5, 0.6) is 0 Å². The van der Waals surface area contributed by atoms with Crippen LogP contribution in [0.25, 0.3) is 0 Å². The van der Waals surface area contributed by atoms with Crippen LogP contribution >= 0.6 is 0 Å². The molecule has 30 heavy (non-hydrogen) atoms. The van der Waals surface area contributed by atoms with Crippen LogP contribution < -0.4 is 10.6 Å². The minimum Gasteiger partial charge on any atom is -0.379 e. The first-order valence-electron chi connectivity index (χ1n) is 12.5. The van der Waals surface area contributed by atoms with Gasteiger partial charge in [0.05, 0.1) is 19.8 Å². The molecule has 174 valence electrons. The van der Waals surface area contributed by atoms with Gasteiger partial charge in [0.15, 0.2) is 5.96 Å². The molecule has 1 saturated carbocycles. The number of nitrogens with one attached hydrogen (secondary N) is 2. The van der Waals surface area contributed by atoms with E-state index in [1.54, 1.807) is 0 Å². The Labute approximate surface area is 184 Å². The van der Waals surface area contributed by atoms with Crippen LogP contribution in [-0.4, -0.2) is 111 Å². The lowest BCUT2D eigenvalue weighted by atomic mass is 9.80. The van der Waals surface area contributed by atoms with E-state index in [-0.39, 0.29) is 5.54 Å². The molecular weight excluding hydrogens is 376 g/mol. The van der Waals surface area contributed by atoms with E-state index < -0.39 is 0 Å². The van der Waals surface area contributed by atoms with E-state index in [1.165, 1.54) is 64.8 Å². The highest BCUT2D eigenvalue weighted by Crippen LogP contribution is 2.34. The zero-order chi connectivity index (χ0) is 21.2. The van der Waals surface area contributed by atoms with Crippen molar-refractivity contribution in [1.82, 2.24) is 25.3 Å². The van der Waals surface area contributed by atoms with Gasteiger partial charge in [-0.15, -0.1) is 0 Å². The number of likely N-dealkylation sites (N-methyl/N-ethyl adjacent to an activating group) is 1. The average molecular weight is 423 g/mol. The van der Waals surface area contributed by atoms with Crippen molar-refractivity contribution in [3.8, 4) is 0 Å². The van der Waals surface area contributed by atoms with E-state index in [1.807, 2.05) is 0 Å². The van der Waals surface area contributed by atoms with Crippen molar-refractivity contribution in [1.29, 1.82) is 0 Å². The molecule has 1 unspecified atom stereocenters. The van der Waals surface area contributed by atoms with Gasteiger partial charge < -0.3 is 20.3 Å². The monoisotopic (exact) mass is 422 g/mol. The summed E-state index contributed by atoms with van der Waals surface area (Å²) in [6.07, 6.45) is 6.58. The van der Waals surface area contributed by atoms with Crippen molar-refractivity contribution >= 4 is 5.96 Å². The number of morpholine rings is 1. The second-order valence-corrected chi connectivity index (χ2v) is 9.28. The van der Waals surface area contributed by atoms with Gasteiger partial charge in [-0.1, -0.05) is 26.2 Å². The van der Waals surface area contributed by atoms with Gasteiger partial charge in [0.2, 0.25) is 0 Å². The van der Waals surface area contributed by atoms with Gasteiger partial charge in [0.25, 0.3) is 0 Å². The summed E-state index contributed by atoms with van der Waals surface area (Å²) >= 11 is 0. The third-order valence-corrected chi connectivity index (χ3v) is 7.38. The summed E-state index contributed by atoms with van der Waals surface area (Å²) in [6, 6.07) is 0.524. The van der Waals surface area contributed by atoms with Crippen molar-refractivity contribution in [2.24, 2.45) is 4.99 Å². The molecule has 7 nitrogen and oxygen atoms in total. The van der Waals surface area contributed by atoms with Crippen LogP contribution in [0.4, 0.5) is 0 Å². The SMILES string of the molecule is CCNC(=NCC1(N2CCOCC2)CCCCC1)NCC(C)N1CCN(CC)CC1. The van der Waals surface area contributed by atoms with Crippen molar-refractivity contribution in [3.63, 3.8) is 0 Å². The number of aliphatic imine (C=N–C) groups is 1. The first-order valence-corrected chi connectivity index (χ1v) is 12.5. The Balaban J connectivity index is 1.55. The number of hydrogen-bond donors (Lipinski definition) is 2. The molecular formula is C23H46N6O. The minimum absolute atomic E-state index is 0.229. The molecule has 0 spiro atoms. The molecule has 0 bridgehead atoms. The molecule has 2 N–H and O–H groups in total. The molecule has 2 aliphatic heterocycles. The van der Waals surface area contributed by atoms with Gasteiger partial charge in [-0.05, 0) is 33.2 Å². The molecule has 0 radical (unpaired) electrons. The molecule has 3 fully saturated rings. The smallest absolute Gasteiger partial charge is 0.191 e. The molecule has 0 aromatic carbocycles. The lowest BCUT2D eigenvalue weighted by Crippen LogP contribution is -2.57. The zero-order valence-electron chi connectivity index (χ0n) is 19.8. The normalized spacial score (nSPS) is 25.8. The Hall–Kier alpha value is -0.890. The Morgan fingerprint density at radius 3 is 2.30 bits per heavy atom. The van der Waals surface area contributed by atoms with Crippen molar-refractivity contribution in [2.45, 2.75) is 64.5 Å². The quantitative estimate of drug-likeness (QED) is 0.458. The third-order valence-electron chi connectivity index (χ3n) is 7.38. The van der Waals surface area contributed by atoms with E-state index in [0.29, 0.717) is 6.04 Å². The molecule has 0 amide bonds. The van der Waals surface area contributed by atoms with Gasteiger partial charge >= 0.3 is 0 Å². The maximum Gasteiger partial charge on any atom is 0.191 e. The summed E-state index contributed by atoms with van der Waals surface area (Å²) in [4.78, 5) is 12.9. The molecule has 3 aliphatic rings. The van der Waals surface area contributed by atoms with Crippen LogP contribution in [-0.2, 0) is 4.74 Å². The number of ether oxygens (including phenoxy) is 1. The second-order valence-electron chi connectivity index (χ2n) is 9.28. The molecule has 1 atom stereocenters. The van der Waals surface area contributed by atoms with Crippen LogP contribution in [0.3, 0.4) is 0 Å². The third kappa shape index (κ3) is 6.55. The van der Waals surface area contributed by atoms with Crippen LogP contribution in [0.1, 0.15) is 52.9 Å². The fourth-order valence-corrected chi connectivity index (χ4v) is 5.28. The summed E-state index contributed by atoms with van der Waals surface area (Å²) in [5.74, 6) is 0.981. The molecule has 2 saturated heterocycles. The highest BCUT2D eigenvalue weighted by Gasteiger charge is 2.38. The largest absolute Gasteiger partial charge is 0.379 e. The van der Waals surface area contributed by atoms with Gasteiger partial charge in [-0.3, -0.25) is 14.8 Å². The summed E-state index contributed by atoms with van der Waals surface area (Å²) in [7, 11) is 0. The number of nitrogens with zero attached hydrogens (tertiary/aromatic N) is 4. The fourth-order valence-electron chi connectivity index (χ4n) is 5.28. The van der Waals surface area contributed by atoms with Crippen molar-refractivity contribution in [2.75, 3.05) is 78.7 Å². The van der Waals surface area contributed by atoms with Crippen molar-refractivity contribution in [3.05, 3.63) is 0 Å². The first-order chi connectivity index (χ1) is 14.7. The number of guanidine groups is 1. The molecule has 0 aromatic rings. The number of hydrogen-bond acceptors (Lipinski definition) is 5. The number of piperazine rings is 1. The maximum absolute atomic E-state index is 5.63. The molecule has 2 heterocycles. The highest BCUT2D eigenvalue weighted by molar-refractivity contribution is 5.79. The lowest BCUT2D eigenvalue weighted by molar-refractivity contribution is -0.0333. The Morgan fingerprint density at radius 2 is 1.67 bits per heavy atom. The standard InChI is InChI=1S/C23H46N6O/c1-4-24-22(25-19-21(3)28-13-11-27(5-2)12-14-28)26-20-23(9-7-6-8-10-23)29-15-17-30-18-16-29/h21H,4-20H2,1-3H3,(H2,24,25,26). The average Bonchev–Trinajstić information content (AvgIpc) is 2.82. The fraction of sp³-hybridized carbons (Fsp3) is 0.957. The Bertz CT molecular complexity index is 508. The first kappa shape index (κ1) is 23.8. The highest BCUT2D eigenvalue weighted by atomic mass is 16.5. The van der Waals surface area contributed by atoms with E-state index in [0.717, 1.165) is 51.9 Å².